The van der Waals surface area contributed by atoms with Crippen molar-refractivity contribution in [3.8, 4) is 6.07 Å². The molecule has 1 aliphatic rings. The first kappa shape index (κ1) is 22.6. The topological polar surface area (TPSA) is 94.0 Å². The highest BCUT2D eigenvalue weighted by Gasteiger charge is 2.46. The average Bonchev–Trinajstić information content (AvgIpc) is 3.22. The summed E-state index contributed by atoms with van der Waals surface area (Å²) in [4.78, 5) is 23.7. The fourth-order valence-corrected chi connectivity index (χ4v) is 3.96. The minimum absolute atomic E-state index is 0.208. The van der Waals surface area contributed by atoms with Gasteiger partial charge in [0.2, 0.25) is 0 Å². The van der Waals surface area contributed by atoms with Crippen LogP contribution in [0.1, 0.15) is 72.6 Å². The number of nitrogens with one attached hydrogen (secondary N) is 2. The number of hydrogen-bond donors (Lipinski definition) is 2. The molecule has 0 spiro atoms. The van der Waals surface area contributed by atoms with Crippen molar-refractivity contribution in [1.82, 2.24) is 9.97 Å². The van der Waals surface area contributed by atoms with E-state index in [1.54, 1.807) is 6.92 Å². The van der Waals surface area contributed by atoms with Gasteiger partial charge in [0.1, 0.15) is 11.2 Å². The Morgan fingerprint density at radius 3 is 2.23 bits per heavy atom. The van der Waals surface area contributed by atoms with Crippen LogP contribution in [0, 0.1) is 44.4 Å². The third-order valence-electron chi connectivity index (χ3n) is 6.85. The molecule has 3 heterocycles. The van der Waals surface area contributed by atoms with Crippen LogP contribution in [0.15, 0.2) is 4.99 Å². The minimum Gasteiger partial charge on any atom is -0.461 e. The van der Waals surface area contributed by atoms with Crippen molar-refractivity contribution in [1.29, 1.82) is 5.26 Å². The van der Waals surface area contributed by atoms with E-state index in [2.05, 4.69) is 49.8 Å². The molecule has 6 nitrogen and oxygen atoms in total. The zero-order valence-corrected chi connectivity index (χ0v) is 19.8. The molecular formula is C25H32N4O2. The number of aromatic amines is 2. The predicted molar refractivity (Wildman–Crippen MR) is 124 cm³/mol. The van der Waals surface area contributed by atoms with Crippen LogP contribution in [0.2, 0.25) is 0 Å². The number of hydrogen-bond acceptors (Lipinski definition) is 4. The Hall–Kier alpha value is -3.07. The largest absolute Gasteiger partial charge is 0.461 e. The molecule has 0 bridgehead atoms. The highest BCUT2D eigenvalue weighted by atomic mass is 16.5. The normalized spacial score (nSPS) is 21.3. The van der Waals surface area contributed by atoms with Gasteiger partial charge in [0.05, 0.1) is 12.7 Å². The van der Waals surface area contributed by atoms with Crippen LogP contribution in [0.4, 0.5) is 0 Å². The molecule has 0 radical (unpaired) electrons. The summed E-state index contributed by atoms with van der Waals surface area (Å²) in [6, 6.07) is 2.38. The lowest BCUT2D eigenvalue weighted by molar-refractivity contribution is 0.0519. The maximum Gasteiger partial charge on any atom is 0.355 e. The SMILES string of the molecule is CCOC(=O)c1[nH]c(/C=c2/[nH]/c(=C/C3=N[C@](C)(C#N)C(C)(C)C3)c(C)c2C)c(C)c1C. The second-order valence-corrected chi connectivity index (χ2v) is 9.22. The lowest BCUT2D eigenvalue weighted by Gasteiger charge is -2.29. The molecule has 0 aromatic carbocycles. The number of ether oxygens (including phenoxy) is 1. The Labute approximate surface area is 183 Å². The molecule has 0 saturated heterocycles. The molecular weight excluding hydrogens is 388 g/mol. The zero-order chi connectivity index (χ0) is 23.1. The lowest BCUT2D eigenvalue weighted by atomic mass is 9.74. The predicted octanol–water partition coefficient (Wildman–Crippen LogP) is 3.52. The van der Waals surface area contributed by atoms with E-state index in [-0.39, 0.29) is 11.4 Å². The molecule has 1 aliphatic heterocycles. The van der Waals surface area contributed by atoms with Gasteiger partial charge < -0.3 is 14.7 Å². The monoisotopic (exact) mass is 420 g/mol. The van der Waals surface area contributed by atoms with Crippen LogP contribution in [-0.4, -0.2) is 33.8 Å². The van der Waals surface area contributed by atoms with E-state index < -0.39 is 5.54 Å². The molecule has 2 aromatic heterocycles. The Morgan fingerprint density at radius 1 is 1.06 bits per heavy atom. The summed E-state index contributed by atoms with van der Waals surface area (Å²) >= 11 is 0. The van der Waals surface area contributed by atoms with Gasteiger partial charge in [-0.15, -0.1) is 0 Å². The summed E-state index contributed by atoms with van der Waals surface area (Å²) in [6.07, 6.45) is 4.84. The van der Waals surface area contributed by atoms with E-state index >= 15 is 0 Å². The second kappa shape index (κ2) is 7.88. The molecule has 0 amide bonds. The van der Waals surface area contributed by atoms with Crippen molar-refractivity contribution in [3.05, 3.63) is 44.3 Å². The standard InChI is InChI=1S/C25H32N4O2/c1-9-31-23(30)22-17(5)16(4)21(28-22)11-20-15(3)14(2)19(27-20)10-18-12-24(6,7)25(8,13-26)29-18/h10-11,27-28H,9,12H2,1-8H3/b19-10+,20-11+/t25-/m1/s1. The summed E-state index contributed by atoms with van der Waals surface area (Å²) in [7, 11) is 0. The van der Waals surface area contributed by atoms with Crippen LogP contribution >= 0.6 is 0 Å². The van der Waals surface area contributed by atoms with Gasteiger partial charge in [0.15, 0.2) is 0 Å². The van der Waals surface area contributed by atoms with E-state index in [0.717, 1.165) is 50.8 Å². The number of carbonyl (C=O) groups is 1. The van der Waals surface area contributed by atoms with E-state index in [1.807, 2.05) is 26.8 Å². The maximum absolute atomic E-state index is 12.2. The number of aromatic nitrogens is 2. The number of rotatable bonds is 4. The third kappa shape index (κ3) is 3.85. The average molecular weight is 421 g/mol. The Balaban J connectivity index is 2.07. The highest BCUT2D eigenvalue weighted by molar-refractivity contribution is 6.12. The van der Waals surface area contributed by atoms with Gasteiger partial charge in [-0.05, 0) is 82.4 Å². The van der Waals surface area contributed by atoms with Gasteiger partial charge >= 0.3 is 5.97 Å². The Morgan fingerprint density at radius 2 is 1.68 bits per heavy atom. The van der Waals surface area contributed by atoms with Crippen LogP contribution in [0.5, 0.6) is 0 Å². The molecule has 6 heteroatoms. The molecule has 3 rings (SSSR count). The van der Waals surface area contributed by atoms with Crippen molar-refractivity contribution < 1.29 is 9.53 Å². The maximum atomic E-state index is 12.2. The fourth-order valence-electron chi connectivity index (χ4n) is 3.96. The highest BCUT2D eigenvalue weighted by Crippen LogP contribution is 2.42. The van der Waals surface area contributed by atoms with Gasteiger partial charge in [0.25, 0.3) is 0 Å². The van der Waals surface area contributed by atoms with Gasteiger partial charge in [-0.1, -0.05) is 13.8 Å². The number of aliphatic imine (C=N–C) groups is 1. The van der Waals surface area contributed by atoms with Crippen molar-refractivity contribution in [2.45, 2.75) is 67.3 Å². The van der Waals surface area contributed by atoms with Crippen molar-refractivity contribution >= 4 is 23.8 Å². The number of carbonyl (C=O) groups excluding carboxylic acids is 1. The van der Waals surface area contributed by atoms with Crippen molar-refractivity contribution in [2.24, 2.45) is 10.4 Å². The Bertz CT molecular complexity index is 1230. The number of nitriles is 1. The van der Waals surface area contributed by atoms with Crippen molar-refractivity contribution in [2.75, 3.05) is 6.61 Å². The molecule has 164 valence electrons. The van der Waals surface area contributed by atoms with Crippen LogP contribution in [0.3, 0.4) is 0 Å². The summed E-state index contributed by atoms with van der Waals surface area (Å²) in [5, 5.41) is 11.6. The quantitative estimate of drug-likeness (QED) is 0.741. The van der Waals surface area contributed by atoms with Gasteiger partial charge in [-0.2, -0.15) is 5.26 Å². The van der Waals surface area contributed by atoms with E-state index in [9.17, 15) is 10.1 Å². The van der Waals surface area contributed by atoms with E-state index in [4.69, 9.17) is 9.73 Å². The molecule has 0 aliphatic carbocycles. The first-order chi connectivity index (χ1) is 14.4. The molecule has 31 heavy (non-hydrogen) atoms. The number of nitrogens with zero attached hydrogens (tertiary/aromatic N) is 2. The Kier molecular flexibility index (Phi) is 5.75. The minimum atomic E-state index is -0.717. The zero-order valence-electron chi connectivity index (χ0n) is 19.8. The summed E-state index contributed by atoms with van der Waals surface area (Å²) < 4.78 is 5.16. The summed E-state index contributed by atoms with van der Waals surface area (Å²) in [5.74, 6) is -0.335. The molecule has 1 atom stereocenters. The first-order valence-electron chi connectivity index (χ1n) is 10.7. The van der Waals surface area contributed by atoms with E-state index in [1.165, 1.54) is 0 Å². The van der Waals surface area contributed by atoms with Gasteiger partial charge in [-0.25, -0.2) is 4.79 Å². The van der Waals surface area contributed by atoms with Crippen LogP contribution in [-0.2, 0) is 4.74 Å². The number of H-pyrrole nitrogens is 2. The smallest absolute Gasteiger partial charge is 0.355 e. The lowest BCUT2D eigenvalue weighted by Crippen LogP contribution is -2.34. The molecule has 0 fully saturated rings. The third-order valence-corrected chi connectivity index (χ3v) is 6.85. The van der Waals surface area contributed by atoms with Crippen LogP contribution < -0.4 is 10.7 Å². The van der Waals surface area contributed by atoms with Gasteiger partial charge in [-0.3, -0.25) is 4.99 Å². The van der Waals surface area contributed by atoms with Crippen molar-refractivity contribution in [3.63, 3.8) is 0 Å². The molecule has 2 N–H and O–H groups in total. The molecule has 2 aromatic rings. The summed E-state index contributed by atoms with van der Waals surface area (Å²) in [5.41, 5.74) is 5.58. The molecule has 0 saturated carbocycles. The fraction of sp³-hybridized carbons (Fsp3) is 0.480. The summed E-state index contributed by atoms with van der Waals surface area (Å²) in [6.45, 7) is 16.3. The van der Waals surface area contributed by atoms with Crippen LogP contribution in [0.25, 0.3) is 12.2 Å². The molecule has 0 unspecified atom stereocenters. The first-order valence-corrected chi connectivity index (χ1v) is 10.7. The van der Waals surface area contributed by atoms with E-state index in [0.29, 0.717) is 12.3 Å². The second-order valence-electron chi connectivity index (χ2n) is 9.22. The number of esters is 1. The van der Waals surface area contributed by atoms with Gasteiger partial charge in [0, 0.05) is 27.5 Å².